The molecule has 0 saturated heterocycles. The van der Waals surface area contributed by atoms with E-state index in [2.05, 4.69) is 10.2 Å². The van der Waals surface area contributed by atoms with Crippen molar-refractivity contribution in [3.63, 3.8) is 0 Å². The summed E-state index contributed by atoms with van der Waals surface area (Å²) in [5.41, 5.74) is 1.93. The Morgan fingerprint density at radius 2 is 1.64 bits per heavy atom. The molecule has 0 saturated carbocycles. The number of nitrogens with zero attached hydrogens (tertiary/aromatic N) is 5. The highest BCUT2D eigenvalue weighted by atomic mass is 32.1. The molecule has 4 rings (SSSR count). The summed E-state index contributed by atoms with van der Waals surface area (Å²) in [6.07, 6.45) is 0. The molecular weight excluding hydrogens is 332 g/mol. The van der Waals surface area contributed by atoms with Crippen LogP contribution in [0.25, 0.3) is 28.7 Å². The molecule has 4 aromatic rings. The molecule has 0 radical (unpaired) electrons. The lowest BCUT2D eigenvalue weighted by Crippen LogP contribution is -2.01. The van der Waals surface area contributed by atoms with E-state index < -0.39 is 0 Å². The van der Waals surface area contributed by atoms with Gasteiger partial charge in [-0.25, -0.2) is 9.67 Å². The number of aromatic nitrogens is 6. The zero-order valence-electron chi connectivity index (χ0n) is 13.6. The van der Waals surface area contributed by atoms with Crippen LogP contribution in [0.1, 0.15) is 6.92 Å². The summed E-state index contributed by atoms with van der Waals surface area (Å²) >= 11 is 5.28. The lowest BCUT2D eigenvalue weighted by Gasteiger charge is -2.05. The third-order valence-corrected chi connectivity index (χ3v) is 4.23. The smallest absolute Gasteiger partial charge is 0.220 e. The average Bonchev–Trinajstić information content (AvgIpc) is 3.26. The van der Waals surface area contributed by atoms with Gasteiger partial charge in [-0.1, -0.05) is 48.5 Å². The Labute approximate surface area is 149 Å². The van der Waals surface area contributed by atoms with E-state index in [0.717, 1.165) is 17.1 Å². The van der Waals surface area contributed by atoms with Gasteiger partial charge < -0.3 is 0 Å². The quantitative estimate of drug-likeness (QED) is 0.569. The Bertz CT molecular complexity index is 989. The van der Waals surface area contributed by atoms with Crippen molar-refractivity contribution in [3.8, 4) is 28.7 Å². The van der Waals surface area contributed by atoms with Gasteiger partial charge in [0.15, 0.2) is 10.6 Å². The standard InChI is InChI=1S/C18H16N6S/c1-2-23-17(20-21-18(23)25)15-19-16(13-9-5-3-6-10-13)24(22-15)14-11-7-4-8-12-14/h3-12H,2H2,1H3,(H,21,25). The van der Waals surface area contributed by atoms with Gasteiger partial charge in [0, 0.05) is 12.1 Å². The number of nitrogens with one attached hydrogen (secondary N) is 1. The minimum Gasteiger partial charge on any atom is -0.298 e. The molecule has 1 N–H and O–H groups in total. The average molecular weight is 348 g/mol. The van der Waals surface area contributed by atoms with Crippen molar-refractivity contribution in [1.29, 1.82) is 0 Å². The van der Waals surface area contributed by atoms with Gasteiger partial charge in [-0.3, -0.25) is 9.67 Å². The Hall–Kier alpha value is -3.06. The van der Waals surface area contributed by atoms with Crippen LogP contribution in [0, 0.1) is 4.77 Å². The second-order valence-corrected chi connectivity index (χ2v) is 5.86. The van der Waals surface area contributed by atoms with Crippen LogP contribution >= 0.6 is 12.2 Å². The summed E-state index contributed by atoms with van der Waals surface area (Å²) in [6, 6.07) is 19.9. The maximum absolute atomic E-state index is 5.28. The molecule has 0 atom stereocenters. The van der Waals surface area contributed by atoms with Crippen molar-refractivity contribution in [2.75, 3.05) is 0 Å². The lowest BCUT2D eigenvalue weighted by molar-refractivity contribution is 0.749. The van der Waals surface area contributed by atoms with Crippen molar-refractivity contribution in [1.82, 2.24) is 29.5 Å². The molecule has 2 aromatic heterocycles. The molecule has 2 aromatic carbocycles. The van der Waals surface area contributed by atoms with Gasteiger partial charge in [-0.2, -0.15) is 5.10 Å². The van der Waals surface area contributed by atoms with Crippen LogP contribution < -0.4 is 0 Å². The summed E-state index contributed by atoms with van der Waals surface area (Å²) in [5, 5.41) is 11.8. The normalized spacial score (nSPS) is 10.9. The van der Waals surface area contributed by atoms with E-state index in [1.807, 2.05) is 76.8 Å². The highest BCUT2D eigenvalue weighted by molar-refractivity contribution is 7.71. The predicted octanol–water partition coefficient (Wildman–Crippen LogP) is 3.88. The molecule has 2 heterocycles. The first-order chi connectivity index (χ1) is 12.3. The van der Waals surface area contributed by atoms with Crippen LogP contribution in [-0.2, 0) is 6.54 Å². The molecule has 0 aliphatic rings. The van der Waals surface area contributed by atoms with Gasteiger partial charge in [0.05, 0.1) is 5.69 Å². The first-order valence-electron chi connectivity index (χ1n) is 8.01. The molecule has 7 heteroatoms. The van der Waals surface area contributed by atoms with Crippen molar-refractivity contribution in [3.05, 3.63) is 65.4 Å². The van der Waals surface area contributed by atoms with Gasteiger partial charge in [-0.05, 0) is 31.3 Å². The van der Waals surface area contributed by atoms with Crippen LogP contribution in [0.3, 0.4) is 0 Å². The minimum absolute atomic E-state index is 0.539. The Morgan fingerprint density at radius 3 is 2.32 bits per heavy atom. The largest absolute Gasteiger partial charge is 0.298 e. The van der Waals surface area contributed by atoms with Crippen LogP contribution in [0.4, 0.5) is 0 Å². The Balaban J connectivity index is 1.94. The number of rotatable bonds is 4. The molecule has 0 aliphatic heterocycles. The van der Waals surface area contributed by atoms with Gasteiger partial charge in [0.2, 0.25) is 11.6 Å². The molecule has 6 nitrogen and oxygen atoms in total. The number of para-hydroxylation sites is 1. The summed E-state index contributed by atoms with van der Waals surface area (Å²) in [7, 11) is 0. The van der Waals surface area contributed by atoms with E-state index in [4.69, 9.17) is 22.3 Å². The van der Waals surface area contributed by atoms with Crippen LogP contribution in [-0.4, -0.2) is 29.5 Å². The van der Waals surface area contributed by atoms with Gasteiger partial charge >= 0.3 is 0 Å². The molecule has 0 amide bonds. The number of hydrogen-bond acceptors (Lipinski definition) is 4. The first kappa shape index (κ1) is 15.5. The molecule has 0 bridgehead atoms. The van der Waals surface area contributed by atoms with Gasteiger partial charge in [-0.15, -0.1) is 5.10 Å². The van der Waals surface area contributed by atoms with Crippen LogP contribution in [0.5, 0.6) is 0 Å². The molecular formula is C18H16N6S. The maximum atomic E-state index is 5.28. The molecule has 0 spiro atoms. The Kier molecular flexibility index (Phi) is 3.99. The summed E-state index contributed by atoms with van der Waals surface area (Å²) in [6.45, 7) is 2.71. The summed E-state index contributed by atoms with van der Waals surface area (Å²) < 4.78 is 4.28. The highest BCUT2D eigenvalue weighted by Gasteiger charge is 2.18. The third-order valence-electron chi connectivity index (χ3n) is 3.91. The highest BCUT2D eigenvalue weighted by Crippen LogP contribution is 2.24. The molecule has 25 heavy (non-hydrogen) atoms. The van der Waals surface area contributed by atoms with E-state index in [1.54, 1.807) is 0 Å². The van der Waals surface area contributed by atoms with E-state index in [1.165, 1.54) is 0 Å². The Morgan fingerprint density at radius 1 is 0.960 bits per heavy atom. The van der Waals surface area contributed by atoms with E-state index in [9.17, 15) is 0 Å². The first-order valence-corrected chi connectivity index (χ1v) is 8.42. The summed E-state index contributed by atoms with van der Waals surface area (Å²) in [4.78, 5) is 4.75. The monoisotopic (exact) mass is 348 g/mol. The molecule has 0 aliphatic carbocycles. The fraction of sp³-hybridized carbons (Fsp3) is 0.111. The van der Waals surface area contributed by atoms with Crippen molar-refractivity contribution in [2.45, 2.75) is 13.5 Å². The fourth-order valence-corrected chi connectivity index (χ4v) is 2.97. The summed E-state index contributed by atoms with van der Waals surface area (Å²) in [5.74, 6) is 1.94. The van der Waals surface area contributed by atoms with E-state index >= 15 is 0 Å². The SMILES string of the molecule is CCn1c(-c2nc(-c3ccccc3)n(-c3ccccc3)n2)n[nH]c1=S. The van der Waals surface area contributed by atoms with Gasteiger partial charge in [0.25, 0.3) is 0 Å². The number of benzene rings is 2. The zero-order chi connectivity index (χ0) is 17.2. The maximum Gasteiger partial charge on any atom is 0.220 e. The van der Waals surface area contributed by atoms with Crippen LogP contribution in [0.15, 0.2) is 60.7 Å². The predicted molar refractivity (Wildman–Crippen MR) is 98.9 cm³/mol. The molecule has 124 valence electrons. The number of aromatic amines is 1. The number of hydrogen-bond donors (Lipinski definition) is 1. The molecule has 0 fully saturated rings. The van der Waals surface area contributed by atoms with Crippen molar-refractivity contribution in [2.24, 2.45) is 0 Å². The second kappa shape index (κ2) is 6.45. The van der Waals surface area contributed by atoms with Gasteiger partial charge in [0.1, 0.15) is 0 Å². The van der Waals surface area contributed by atoms with E-state index in [-0.39, 0.29) is 0 Å². The second-order valence-electron chi connectivity index (χ2n) is 5.47. The fourth-order valence-electron chi connectivity index (χ4n) is 2.71. The van der Waals surface area contributed by atoms with Crippen molar-refractivity contribution >= 4 is 12.2 Å². The third kappa shape index (κ3) is 2.78. The van der Waals surface area contributed by atoms with Crippen molar-refractivity contribution < 1.29 is 0 Å². The lowest BCUT2D eigenvalue weighted by atomic mass is 10.2. The minimum atomic E-state index is 0.539. The van der Waals surface area contributed by atoms with Crippen LogP contribution in [0.2, 0.25) is 0 Å². The number of H-pyrrole nitrogens is 1. The molecule has 0 unspecified atom stereocenters. The zero-order valence-corrected chi connectivity index (χ0v) is 14.4. The topological polar surface area (TPSA) is 64.3 Å². The van der Waals surface area contributed by atoms with E-state index in [0.29, 0.717) is 23.0 Å².